The number of ether oxygens (including phenoxy) is 1. The first-order chi connectivity index (χ1) is 21.2. The SMILES string of the molecule is C=CCn1c(=O)c2cnc(Nc3ccc4c(c3)CCN(CCN(C)C(=O)OC(C)(C)C)C4)nc2n1-c1cccc(C(C)(C)O)n1. The van der Waals surface area contributed by atoms with Gasteiger partial charge in [-0.15, -0.1) is 6.58 Å². The largest absolute Gasteiger partial charge is 0.444 e. The molecule has 0 atom stereocenters. The number of allylic oxidation sites excluding steroid dienone is 1. The highest BCUT2D eigenvalue weighted by Crippen LogP contribution is 2.25. The number of hydrogen-bond acceptors (Lipinski definition) is 9. The second-order valence-corrected chi connectivity index (χ2v) is 12.9. The Hall–Kier alpha value is -4.55. The highest BCUT2D eigenvalue weighted by atomic mass is 16.6. The zero-order valence-electron chi connectivity index (χ0n) is 26.9. The molecule has 0 saturated heterocycles. The minimum Gasteiger partial charge on any atom is -0.444 e. The van der Waals surface area contributed by atoms with Crippen molar-refractivity contribution in [3.63, 3.8) is 0 Å². The Morgan fingerprint density at radius 1 is 1.16 bits per heavy atom. The van der Waals surface area contributed by atoms with Crippen LogP contribution in [-0.2, 0) is 29.8 Å². The maximum absolute atomic E-state index is 13.3. The van der Waals surface area contributed by atoms with Gasteiger partial charge in [-0.3, -0.25) is 9.69 Å². The quantitative estimate of drug-likeness (QED) is 0.264. The average Bonchev–Trinajstić information content (AvgIpc) is 3.25. The molecule has 3 aromatic heterocycles. The van der Waals surface area contributed by atoms with Crippen LogP contribution >= 0.6 is 0 Å². The zero-order chi connectivity index (χ0) is 32.5. The molecule has 4 heterocycles. The summed E-state index contributed by atoms with van der Waals surface area (Å²) in [6.07, 6.45) is 3.71. The molecule has 238 valence electrons. The van der Waals surface area contributed by atoms with Gasteiger partial charge in [-0.1, -0.05) is 18.2 Å². The highest BCUT2D eigenvalue weighted by molar-refractivity contribution is 5.77. The van der Waals surface area contributed by atoms with Crippen LogP contribution in [0.5, 0.6) is 0 Å². The normalized spacial score (nSPS) is 13.8. The van der Waals surface area contributed by atoms with Crippen LogP contribution in [0.4, 0.5) is 16.4 Å². The molecule has 1 aliphatic heterocycles. The number of anilines is 2. The van der Waals surface area contributed by atoms with Crippen molar-refractivity contribution in [2.45, 2.75) is 65.3 Å². The van der Waals surface area contributed by atoms with Gasteiger partial charge in [0, 0.05) is 45.1 Å². The molecule has 2 N–H and O–H groups in total. The minimum absolute atomic E-state index is 0.242. The number of carbonyl (C=O) groups excluding carboxylic acids is 1. The van der Waals surface area contributed by atoms with E-state index in [0.29, 0.717) is 35.0 Å². The van der Waals surface area contributed by atoms with Crippen LogP contribution in [0.3, 0.4) is 0 Å². The summed E-state index contributed by atoms with van der Waals surface area (Å²) in [4.78, 5) is 43.4. The maximum atomic E-state index is 13.3. The molecule has 0 spiro atoms. The van der Waals surface area contributed by atoms with Gasteiger partial charge in [-0.2, -0.15) is 4.98 Å². The topological polar surface area (TPSA) is 131 Å². The van der Waals surface area contributed by atoms with Gasteiger partial charge in [0.05, 0.1) is 12.2 Å². The van der Waals surface area contributed by atoms with E-state index in [9.17, 15) is 14.7 Å². The van der Waals surface area contributed by atoms with Crippen LogP contribution in [0.2, 0.25) is 0 Å². The molecule has 4 aromatic rings. The van der Waals surface area contributed by atoms with Crippen molar-refractivity contribution in [2.24, 2.45) is 0 Å². The average molecular weight is 615 g/mol. The summed E-state index contributed by atoms with van der Waals surface area (Å²) in [5, 5.41) is 14.2. The fourth-order valence-electron chi connectivity index (χ4n) is 5.22. The number of fused-ring (bicyclic) bond motifs is 2. The Bertz CT molecular complexity index is 1780. The predicted octanol–water partition coefficient (Wildman–Crippen LogP) is 4.36. The fourth-order valence-corrected chi connectivity index (χ4v) is 5.22. The summed E-state index contributed by atoms with van der Waals surface area (Å²) in [6, 6.07) is 11.5. The molecular formula is C33H42N8O4. The lowest BCUT2D eigenvalue weighted by atomic mass is 9.99. The van der Waals surface area contributed by atoms with Crippen LogP contribution in [-0.4, -0.2) is 77.6 Å². The summed E-state index contributed by atoms with van der Waals surface area (Å²) < 4.78 is 8.61. The number of benzene rings is 1. The lowest BCUT2D eigenvalue weighted by molar-refractivity contribution is 0.0280. The number of nitrogens with zero attached hydrogens (tertiary/aromatic N) is 7. The maximum Gasteiger partial charge on any atom is 0.410 e. The number of carbonyl (C=O) groups is 1. The fraction of sp³-hybridized carbons (Fsp3) is 0.424. The second-order valence-electron chi connectivity index (χ2n) is 12.9. The highest BCUT2D eigenvalue weighted by Gasteiger charge is 2.23. The molecule has 12 heteroatoms. The molecule has 5 rings (SSSR count). The van der Waals surface area contributed by atoms with E-state index in [0.717, 1.165) is 31.7 Å². The van der Waals surface area contributed by atoms with E-state index in [1.165, 1.54) is 22.0 Å². The summed E-state index contributed by atoms with van der Waals surface area (Å²) >= 11 is 0. The monoisotopic (exact) mass is 614 g/mol. The second kappa shape index (κ2) is 12.4. The van der Waals surface area contributed by atoms with Gasteiger partial charge in [0.25, 0.3) is 5.56 Å². The molecule has 0 fully saturated rings. The molecule has 0 bridgehead atoms. The van der Waals surface area contributed by atoms with Crippen molar-refractivity contribution in [1.82, 2.24) is 34.1 Å². The number of likely N-dealkylation sites (N-methyl/N-ethyl adjacent to an activating group) is 1. The molecule has 45 heavy (non-hydrogen) atoms. The molecule has 0 aliphatic carbocycles. The van der Waals surface area contributed by atoms with E-state index < -0.39 is 11.2 Å². The van der Waals surface area contributed by atoms with E-state index in [4.69, 9.17) is 9.72 Å². The van der Waals surface area contributed by atoms with Crippen molar-refractivity contribution in [3.8, 4) is 5.82 Å². The predicted molar refractivity (Wildman–Crippen MR) is 174 cm³/mol. The first-order valence-electron chi connectivity index (χ1n) is 15.1. The van der Waals surface area contributed by atoms with Crippen molar-refractivity contribution in [1.29, 1.82) is 0 Å². The molecule has 1 aliphatic rings. The number of nitrogens with one attached hydrogen (secondary N) is 1. The van der Waals surface area contributed by atoms with Gasteiger partial charge in [0.2, 0.25) is 5.95 Å². The van der Waals surface area contributed by atoms with Gasteiger partial charge in [0.1, 0.15) is 16.6 Å². The van der Waals surface area contributed by atoms with Gasteiger partial charge < -0.3 is 20.1 Å². The van der Waals surface area contributed by atoms with Gasteiger partial charge >= 0.3 is 6.09 Å². The van der Waals surface area contributed by atoms with Crippen LogP contribution in [0.15, 0.2) is 60.0 Å². The smallest absolute Gasteiger partial charge is 0.410 e. The summed E-state index contributed by atoms with van der Waals surface area (Å²) in [5.74, 6) is 0.789. The number of aliphatic hydroxyl groups is 1. The number of hydrogen-bond donors (Lipinski definition) is 2. The Morgan fingerprint density at radius 2 is 1.93 bits per heavy atom. The Morgan fingerprint density at radius 3 is 2.64 bits per heavy atom. The van der Waals surface area contributed by atoms with Crippen LogP contribution in [0.25, 0.3) is 16.9 Å². The van der Waals surface area contributed by atoms with Crippen LogP contribution < -0.4 is 10.9 Å². The van der Waals surface area contributed by atoms with Crippen molar-refractivity contribution in [2.75, 3.05) is 32.0 Å². The van der Waals surface area contributed by atoms with E-state index in [2.05, 4.69) is 38.9 Å². The van der Waals surface area contributed by atoms with Crippen LogP contribution in [0.1, 0.15) is 51.4 Å². The van der Waals surface area contributed by atoms with Crippen molar-refractivity contribution >= 4 is 28.8 Å². The van der Waals surface area contributed by atoms with Gasteiger partial charge in [0.15, 0.2) is 11.5 Å². The summed E-state index contributed by atoms with van der Waals surface area (Å²) in [7, 11) is 1.76. The standard InChI is InChI=1S/C33H42N8O4/c1-8-15-40-29(42)25-20-34-30(37-28(25)41(40)27-11-9-10-26(36-27)33(5,6)44)35-24-13-12-23-21-39(16-14-22(23)19-24)18-17-38(7)31(43)45-32(2,3)4/h8-13,19-20,44H,1,14-18,21H2,2-7H3,(H,34,35,37). The van der Waals surface area contributed by atoms with E-state index >= 15 is 0 Å². The Balaban J connectivity index is 1.35. The lowest BCUT2D eigenvalue weighted by Gasteiger charge is -2.31. The molecule has 0 unspecified atom stereocenters. The molecule has 1 aromatic carbocycles. The first-order valence-corrected chi connectivity index (χ1v) is 15.1. The number of pyridine rings is 1. The Labute approximate surface area is 263 Å². The summed E-state index contributed by atoms with van der Waals surface area (Å²) in [5.41, 5.74) is 2.23. The molecular weight excluding hydrogens is 572 g/mol. The minimum atomic E-state index is -1.16. The van der Waals surface area contributed by atoms with Crippen molar-refractivity contribution in [3.05, 3.63) is 82.4 Å². The third kappa shape index (κ3) is 7.23. The number of rotatable bonds is 9. The van der Waals surface area contributed by atoms with Gasteiger partial charge in [-0.05, 0) is 76.4 Å². The van der Waals surface area contributed by atoms with Crippen molar-refractivity contribution < 1.29 is 14.6 Å². The third-order valence-electron chi connectivity index (χ3n) is 7.57. The Kier molecular flexibility index (Phi) is 8.81. The third-order valence-corrected chi connectivity index (χ3v) is 7.57. The molecule has 1 amide bonds. The molecule has 0 radical (unpaired) electrons. The summed E-state index contributed by atoms with van der Waals surface area (Å²) in [6.45, 7) is 16.0. The zero-order valence-corrected chi connectivity index (χ0v) is 26.9. The van der Waals surface area contributed by atoms with E-state index in [1.54, 1.807) is 54.8 Å². The first kappa shape index (κ1) is 31.9. The number of amides is 1. The van der Waals surface area contributed by atoms with E-state index in [-0.39, 0.29) is 18.2 Å². The number of aromatic nitrogens is 5. The lowest BCUT2D eigenvalue weighted by Crippen LogP contribution is -2.40. The van der Waals surface area contributed by atoms with Gasteiger partial charge in [-0.25, -0.2) is 24.1 Å². The molecule has 0 saturated carbocycles. The van der Waals surface area contributed by atoms with E-state index in [1.807, 2.05) is 26.8 Å². The molecule has 12 nitrogen and oxygen atoms in total. The van der Waals surface area contributed by atoms with Crippen LogP contribution in [0, 0.1) is 0 Å².